The Hall–Kier alpha value is -2.05. The fourth-order valence-electron chi connectivity index (χ4n) is 3.68. The number of nitrogens with one attached hydrogen (secondary N) is 1. The van der Waals surface area contributed by atoms with Gasteiger partial charge in [-0.25, -0.2) is 8.42 Å². The molecule has 1 aliphatic carbocycles. The molecule has 0 unspecified atom stereocenters. The van der Waals surface area contributed by atoms with Crippen molar-refractivity contribution in [2.75, 3.05) is 10.6 Å². The first-order chi connectivity index (χ1) is 13.2. The molecule has 1 amide bonds. The van der Waals surface area contributed by atoms with Crippen molar-refractivity contribution < 1.29 is 13.2 Å². The molecule has 28 heavy (non-hydrogen) atoms. The average molecular weight is 421 g/mol. The van der Waals surface area contributed by atoms with Gasteiger partial charge in [-0.2, -0.15) is 0 Å². The molecule has 1 N–H and O–H groups in total. The Morgan fingerprint density at radius 2 is 1.71 bits per heavy atom. The lowest BCUT2D eigenvalue weighted by Crippen LogP contribution is -2.48. The van der Waals surface area contributed by atoms with Crippen LogP contribution in [0, 0.1) is 0 Å². The number of rotatable bonds is 6. The van der Waals surface area contributed by atoms with Crippen LogP contribution in [0.5, 0.6) is 0 Å². The highest BCUT2D eigenvalue weighted by Crippen LogP contribution is 2.26. The van der Waals surface area contributed by atoms with Crippen molar-refractivity contribution in [3.63, 3.8) is 0 Å². The highest BCUT2D eigenvalue weighted by atomic mass is 35.5. The molecule has 0 heterocycles. The summed E-state index contributed by atoms with van der Waals surface area (Å²) in [5.41, 5.74) is 4.14. The molecule has 0 saturated heterocycles. The van der Waals surface area contributed by atoms with Gasteiger partial charge >= 0.3 is 0 Å². The first kappa shape index (κ1) is 20.7. The topological polar surface area (TPSA) is 66.5 Å². The molecule has 2 aromatic carbocycles. The molecule has 5 nitrogen and oxygen atoms in total. The summed E-state index contributed by atoms with van der Waals surface area (Å²) >= 11 is 5.90. The van der Waals surface area contributed by atoms with Gasteiger partial charge in [-0.05, 0) is 74.1 Å². The zero-order chi connectivity index (χ0) is 20.5. The van der Waals surface area contributed by atoms with Gasteiger partial charge in [0.1, 0.15) is 6.04 Å². The van der Waals surface area contributed by atoms with Crippen LogP contribution in [0.2, 0.25) is 5.02 Å². The zero-order valence-electron chi connectivity index (χ0n) is 16.3. The second kappa shape index (κ2) is 8.13. The van der Waals surface area contributed by atoms with E-state index < -0.39 is 16.1 Å². The molecule has 0 fully saturated rings. The summed E-state index contributed by atoms with van der Waals surface area (Å²) in [6, 6.07) is 11.6. The number of hydrogen-bond donors (Lipinski definition) is 1. The molecule has 1 aliphatic rings. The molecule has 2 atom stereocenters. The molecular formula is C21H25ClN2O3S. The third-order valence-electron chi connectivity index (χ3n) is 5.15. The molecule has 0 radical (unpaired) electrons. The smallest absolute Gasteiger partial charge is 0.244 e. The van der Waals surface area contributed by atoms with Gasteiger partial charge in [0.25, 0.3) is 0 Å². The lowest BCUT2D eigenvalue weighted by Gasteiger charge is -2.29. The lowest BCUT2D eigenvalue weighted by molar-refractivity contribution is -0.122. The van der Waals surface area contributed by atoms with Crippen LogP contribution in [0.4, 0.5) is 5.69 Å². The number of anilines is 1. The SMILES string of the molecule is C[C@H](C(=O)N[C@H](C)c1ccc2c(c1)CCC2)N(c1ccc(Cl)cc1)S(C)(=O)=O. The van der Waals surface area contributed by atoms with Gasteiger partial charge in [-0.3, -0.25) is 9.10 Å². The monoisotopic (exact) mass is 420 g/mol. The minimum atomic E-state index is -3.65. The van der Waals surface area contributed by atoms with E-state index in [4.69, 9.17) is 11.6 Å². The van der Waals surface area contributed by atoms with E-state index in [2.05, 4.69) is 17.4 Å². The zero-order valence-corrected chi connectivity index (χ0v) is 17.8. The predicted molar refractivity (Wildman–Crippen MR) is 113 cm³/mol. The van der Waals surface area contributed by atoms with Crippen molar-refractivity contribution in [3.05, 3.63) is 64.2 Å². The predicted octanol–water partition coefficient (Wildman–Crippen LogP) is 3.86. The number of hydrogen-bond acceptors (Lipinski definition) is 3. The van der Waals surface area contributed by atoms with E-state index in [1.54, 1.807) is 31.2 Å². The minimum absolute atomic E-state index is 0.215. The standard InChI is InChI=1S/C21H25ClN2O3S/c1-14(17-8-7-16-5-4-6-18(16)13-17)23-21(25)15(2)24(28(3,26)27)20-11-9-19(22)10-12-20/h7-15H,4-6H2,1-3H3,(H,23,25)/t14-,15-/m1/s1. The van der Waals surface area contributed by atoms with Crippen LogP contribution in [0.1, 0.15) is 43.0 Å². The van der Waals surface area contributed by atoms with Crippen LogP contribution in [-0.2, 0) is 27.7 Å². The summed E-state index contributed by atoms with van der Waals surface area (Å²) in [5, 5.41) is 3.45. The first-order valence-corrected chi connectivity index (χ1v) is 11.6. The number of nitrogens with zero attached hydrogens (tertiary/aromatic N) is 1. The van der Waals surface area contributed by atoms with Gasteiger partial charge < -0.3 is 5.32 Å². The summed E-state index contributed by atoms with van der Waals surface area (Å²) in [6.45, 7) is 3.49. The van der Waals surface area contributed by atoms with Crippen molar-refractivity contribution in [1.29, 1.82) is 0 Å². The molecule has 150 valence electrons. The van der Waals surface area contributed by atoms with Crippen molar-refractivity contribution in [2.45, 2.75) is 45.2 Å². The quantitative estimate of drug-likeness (QED) is 0.771. The van der Waals surface area contributed by atoms with Gasteiger partial charge in [-0.1, -0.05) is 29.8 Å². The van der Waals surface area contributed by atoms with Gasteiger partial charge in [0, 0.05) is 5.02 Å². The number of aryl methyl sites for hydroxylation is 2. The summed E-state index contributed by atoms with van der Waals surface area (Å²) in [5.74, 6) is -0.353. The number of carbonyl (C=O) groups is 1. The molecule has 0 aliphatic heterocycles. The van der Waals surface area contributed by atoms with Crippen molar-refractivity contribution in [3.8, 4) is 0 Å². The number of benzene rings is 2. The highest BCUT2D eigenvalue weighted by molar-refractivity contribution is 7.92. The number of fused-ring (bicyclic) bond motifs is 1. The minimum Gasteiger partial charge on any atom is -0.348 e. The van der Waals surface area contributed by atoms with Crippen LogP contribution < -0.4 is 9.62 Å². The summed E-state index contributed by atoms with van der Waals surface area (Å²) in [6.07, 6.45) is 4.44. The summed E-state index contributed by atoms with van der Waals surface area (Å²) < 4.78 is 25.8. The largest absolute Gasteiger partial charge is 0.348 e. The molecule has 0 aromatic heterocycles. The van der Waals surface area contributed by atoms with E-state index in [-0.39, 0.29) is 11.9 Å². The van der Waals surface area contributed by atoms with E-state index >= 15 is 0 Å². The lowest BCUT2D eigenvalue weighted by atomic mass is 10.0. The maximum atomic E-state index is 12.8. The van der Waals surface area contributed by atoms with Crippen LogP contribution in [0.3, 0.4) is 0 Å². The van der Waals surface area contributed by atoms with Gasteiger partial charge in [-0.15, -0.1) is 0 Å². The maximum absolute atomic E-state index is 12.8. The maximum Gasteiger partial charge on any atom is 0.244 e. The third-order valence-corrected chi connectivity index (χ3v) is 6.64. The van der Waals surface area contributed by atoms with Gasteiger partial charge in [0.2, 0.25) is 15.9 Å². The number of amides is 1. The highest BCUT2D eigenvalue weighted by Gasteiger charge is 2.30. The van der Waals surface area contributed by atoms with Crippen molar-refractivity contribution >= 4 is 33.2 Å². The Bertz CT molecular complexity index is 974. The normalized spacial score (nSPS) is 15.6. The van der Waals surface area contributed by atoms with E-state index in [0.717, 1.165) is 29.0 Å². The number of sulfonamides is 1. The van der Waals surface area contributed by atoms with Crippen LogP contribution >= 0.6 is 11.6 Å². The Morgan fingerprint density at radius 3 is 2.36 bits per heavy atom. The summed E-state index contributed by atoms with van der Waals surface area (Å²) in [7, 11) is -3.65. The van der Waals surface area contributed by atoms with Crippen molar-refractivity contribution in [2.24, 2.45) is 0 Å². The number of carbonyl (C=O) groups excluding carboxylic acids is 1. The average Bonchev–Trinajstić information content (AvgIpc) is 3.10. The molecular weight excluding hydrogens is 396 g/mol. The second-order valence-corrected chi connectivity index (χ2v) is 9.62. The molecule has 0 bridgehead atoms. The van der Waals surface area contributed by atoms with E-state index in [9.17, 15) is 13.2 Å². The fraction of sp³-hybridized carbons (Fsp3) is 0.381. The first-order valence-electron chi connectivity index (χ1n) is 9.34. The van der Waals surface area contributed by atoms with E-state index in [1.165, 1.54) is 17.5 Å². The Balaban J connectivity index is 1.78. The van der Waals surface area contributed by atoms with Gasteiger partial charge in [0.05, 0.1) is 18.0 Å². The molecule has 3 rings (SSSR count). The van der Waals surface area contributed by atoms with E-state index in [0.29, 0.717) is 10.7 Å². The summed E-state index contributed by atoms with van der Waals surface area (Å²) in [4.78, 5) is 12.8. The third kappa shape index (κ3) is 4.50. The molecule has 0 spiro atoms. The Labute approximate surface area is 171 Å². The molecule has 0 saturated carbocycles. The molecule has 2 aromatic rings. The second-order valence-electron chi connectivity index (χ2n) is 7.32. The Kier molecular flexibility index (Phi) is 6.01. The van der Waals surface area contributed by atoms with Crippen LogP contribution in [0.25, 0.3) is 0 Å². The number of halogens is 1. The molecule has 7 heteroatoms. The fourth-order valence-corrected chi connectivity index (χ4v) is 4.98. The van der Waals surface area contributed by atoms with E-state index in [1.807, 2.05) is 13.0 Å². The van der Waals surface area contributed by atoms with Crippen LogP contribution in [-0.4, -0.2) is 26.6 Å². The van der Waals surface area contributed by atoms with Crippen molar-refractivity contribution in [1.82, 2.24) is 5.32 Å². The van der Waals surface area contributed by atoms with Crippen LogP contribution in [0.15, 0.2) is 42.5 Å². The van der Waals surface area contributed by atoms with Gasteiger partial charge in [0.15, 0.2) is 0 Å². The Morgan fingerprint density at radius 1 is 1.07 bits per heavy atom.